The first-order chi connectivity index (χ1) is 8.02. The van der Waals surface area contributed by atoms with Gasteiger partial charge in [-0.05, 0) is 44.6 Å². The van der Waals surface area contributed by atoms with Crippen LogP contribution in [0.5, 0.6) is 0 Å². The van der Waals surface area contributed by atoms with E-state index in [4.69, 9.17) is 0 Å². The number of amides is 1. The van der Waals surface area contributed by atoms with E-state index >= 15 is 0 Å². The highest BCUT2D eigenvalue weighted by molar-refractivity contribution is 5.79. The van der Waals surface area contributed by atoms with E-state index in [1.54, 1.807) is 6.07 Å². The molecule has 0 heterocycles. The number of nitrogens with one attached hydrogen (secondary N) is 1. The van der Waals surface area contributed by atoms with Crippen LogP contribution in [-0.4, -0.2) is 31.4 Å². The van der Waals surface area contributed by atoms with Crippen molar-refractivity contribution in [1.82, 2.24) is 10.2 Å². The average molecular weight is 236 g/mol. The maximum atomic E-state index is 13.2. The number of hydrogen-bond acceptors (Lipinski definition) is 2. The van der Waals surface area contributed by atoms with Crippen LogP contribution >= 0.6 is 0 Å². The average Bonchev–Trinajstić information content (AvgIpc) is 2.97. The van der Waals surface area contributed by atoms with Gasteiger partial charge < -0.3 is 10.2 Å². The lowest BCUT2D eigenvalue weighted by molar-refractivity contribution is -0.122. The molecule has 1 aromatic carbocycles. The summed E-state index contributed by atoms with van der Waals surface area (Å²) in [5.74, 6) is -0.271. The van der Waals surface area contributed by atoms with E-state index in [0.717, 1.165) is 18.4 Å². The predicted octanol–water partition coefficient (Wildman–Crippen LogP) is 1.49. The van der Waals surface area contributed by atoms with Crippen LogP contribution in [0.4, 0.5) is 4.39 Å². The molecular formula is C13H17FN2O. The Kier molecular flexibility index (Phi) is 3.15. The van der Waals surface area contributed by atoms with Crippen molar-refractivity contribution >= 4 is 5.91 Å². The fraction of sp³-hybridized carbons (Fsp3) is 0.462. The third-order valence-corrected chi connectivity index (χ3v) is 2.97. The Hall–Kier alpha value is -1.42. The summed E-state index contributed by atoms with van der Waals surface area (Å²) >= 11 is 0. The quantitative estimate of drug-likeness (QED) is 0.859. The molecular weight excluding hydrogens is 219 g/mol. The van der Waals surface area contributed by atoms with Crippen LogP contribution in [0.25, 0.3) is 0 Å². The van der Waals surface area contributed by atoms with Gasteiger partial charge in [-0.3, -0.25) is 4.79 Å². The van der Waals surface area contributed by atoms with Crippen molar-refractivity contribution < 1.29 is 9.18 Å². The molecule has 2 rings (SSSR count). The topological polar surface area (TPSA) is 32.3 Å². The first-order valence-electron chi connectivity index (χ1n) is 5.74. The van der Waals surface area contributed by atoms with Gasteiger partial charge in [0, 0.05) is 0 Å². The minimum absolute atomic E-state index is 0.0169. The van der Waals surface area contributed by atoms with Crippen LogP contribution in [0, 0.1) is 5.82 Å². The molecule has 0 bridgehead atoms. The largest absolute Gasteiger partial charge is 0.345 e. The molecule has 1 fully saturated rings. The lowest BCUT2D eigenvalue weighted by Gasteiger charge is -2.19. The third kappa shape index (κ3) is 2.82. The molecule has 1 N–H and O–H groups in total. The van der Waals surface area contributed by atoms with Gasteiger partial charge in [-0.2, -0.15) is 0 Å². The summed E-state index contributed by atoms with van der Waals surface area (Å²) in [6.45, 7) is 0.358. The lowest BCUT2D eigenvalue weighted by atomic mass is 10.0. The van der Waals surface area contributed by atoms with Crippen LogP contribution in [0.15, 0.2) is 24.3 Å². The highest BCUT2D eigenvalue weighted by atomic mass is 19.1. The molecule has 1 amide bonds. The molecule has 1 saturated carbocycles. The van der Waals surface area contributed by atoms with Crippen molar-refractivity contribution in [1.29, 1.82) is 0 Å². The monoisotopic (exact) mass is 236 g/mol. The van der Waals surface area contributed by atoms with Gasteiger partial charge in [0.1, 0.15) is 5.82 Å². The van der Waals surface area contributed by atoms with Gasteiger partial charge in [-0.15, -0.1) is 0 Å². The van der Waals surface area contributed by atoms with Gasteiger partial charge in [0.25, 0.3) is 0 Å². The van der Waals surface area contributed by atoms with E-state index < -0.39 is 0 Å². The molecule has 4 heteroatoms. The number of nitrogens with zero attached hydrogens (tertiary/aromatic N) is 1. The SMILES string of the molecule is CN(C)CC(=O)NC1(c2cccc(F)c2)CC1. The van der Waals surface area contributed by atoms with Gasteiger partial charge in [-0.1, -0.05) is 12.1 Å². The molecule has 0 saturated heterocycles. The summed E-state index contributed by atoms with van der Waals surface area (Å²) in [6.07, 6.45) is 1.77. The van der Waals surface area contributed by atoms with Crippen LogP contribution in [-0.2, 0) is 10.3 Å². The summed E-state index contributed by atoms with van der Waals surface area (Å²) < 4.78 is 13.2. The fourth-order valence-electron chi connectivity index (χ4n) is 1.99. The van der Waals surface area contributed by atoms with Gasteiger partial charge in [0.05, 0.1) is 12.1 Å². The maximum absolute atomic E-state index is 13.2. The van der Waals surface area contributed by atoms with E-state index in [0.29, 0.717) is 6.54 Å². The van der Waals surface area contributed by atoms with Crippen molar-refractivity contribution in [2.75, 3.05) is 20.6 Å². The van der Waals surface area contributed by atoms with E-state index in [2.05, 4.69) is 5.32 Å². The maximum Gasteiger partial charge on any atom is 0.234 e. The zero-order valence-corrected chi connectivity index (χ0v) is 10.2. The van der Waals surface area contributed by atoms with E-state index in [9.17, 15) is 9.18 Å². The number of rotatable bonds is 4. The molecule has 1 aliphatic rings. The fourth-order valence-corrected chi connectivity index (χ4v) is 1.99. The summed E-state index contributed by atoms with van der Waals surface area (Å²) in [5, 5.41) is 2.99. The van der Waals surface area contributed by atoms with E-state index in [1.165, 1.54) is 12.1 Å². The molecule has 3 nitrogen and oxygen atoms in total. The molecule has 92 valence electrons. The van der Waals surface area contributed by atoms with E-state index in [-0.39, 0.29) is 17.3 Å². The summed E-state index contributed by atoms with van der Waals surface area (Å²) in [5.41, 5.74) is 0.541. The summed E-state index contributed by atoms with van der Waals surface area (Å²) in [4.78, 5) is 13.5. The minimum Gasteiger partial charge on any atom is -0.345 e. The molecule has 0 atom stereocenters. The Balaban J connectivity index is 2.07. The summed E-state index contributed by atoms with van der Waals surface area (Å²) in [6, 6.07) is 6.47. The normalized spacial score (nSPS) is 16.9. The number of hydrogen-bond donors (Lipinski definition) is 1. The molecule has 0 aromatic heterocycles. The number of carbonyl (C=O) groups excluding carboxylic acids is 1. The predicted molar refractivity (Wildman–Crippen MR) is 64.0 cm³/mol. The second-order valence-corrected chi connectivity index (χ2v) is 4.88. The van der Waals surface area contributed by atoms with Crippen LogP contribution in [0.1, 0.15) is 18.4 Å². The van der Waals surface area contributed by atoms with E-state index in [1.807, 2.05) is 25.1 Å². The highest BCUT2D eigenvalue weighted by Crippen LogP contribution is 2.45. The van der Waals surface area contributed by atoms with Gasteiger partial charge in [0.15, 0.2) is 0 Å². The molecule has 0 spiro atoms. The van der Waals surface area contributed by atoms with Crippen molar-refractivity contribution in [3.8, 4) is 0 Å². The van der Waals surface area contributed by atoms with Crippen molar-refractivity contribution in [2.45, 2.75) is 18.4 Å². The Morgan fingerprint density at radius 1 is 1.47 bits per heavy atom. The number of halogens is 1. The molecule has 0 aliphatic heterocycles. The Bertz CT molecular complexity index is 427. The van der Waals surface area contributed by atoms with Gasteiger partial charge in [0.2, 0.25) is 5.91 Å². The minimum atomic E-state index is -0.324. The van der Waals surface area contributed by atoms with Gasteiger partial charge in [-0.25, -0.2) is 4.39 Å². The smallest absolute Gasteiger partial charge is 0.234 e. The second-order valence-electron chi connectivity index (χ2n) is 4.88. The van der Waals surface area contributed by atoms with Crippen molar-refractivity contribution in [3.63, 3.8) is 0 Å². The molecule has 1 aliphatic carbocycles. The Morgan fingerprint density at radius 2 is 2.18 bits per heavy atom. The van der Waals surface area contributed by atoms with Crippen LogP contribution < -0.4 is 5.32 Å². The Morgan fingerprint density at radius 3 is 2.71 bits per heavy atom. The summed E-state index contributed by atoms with van der Waals surface area (Å²) in [7, 11) is 3.70. The molecule has 1 aromatic rings. The second kappa shape index (κ2) is 4.45. The number of benzene rings is 1. The highest BCUT2D eigenvalue weighted by Gasteiger charge is 2.45. The standard InChI is InChI=1S/C13H17FN2O/c1-16(2)9-12(17)15-13(6-7-13)10-4-3-5-11(14)8-10/h3-5,8H,6-7,9H2,1-2H3,(H,15,17). The van der Waals surface area contributed by atoms with Crippen LogP contribution in [0.2, 0.25) is 0 Å². The van der Waals surface area contributed by atoms with Crippen LogP contribution in [0.3, 0.4) is 0 Å². The third-order valence-electron chi connectivity index (χ3n) is 2.97. The zero-order valence-electron chi connectivity index (χ0n) is 10.2. The first kappa shape index (κ1) is 12.0. The van der Waals surface area contributed by atoms with Gasteiger partial charge >= 0.3 is 0 Å². The first-order valence-corrected chi connectivity index (χ1v) is 5.74. The number of likely N-dealkylation sites (N-methyl/N-ethyl adjacent to an activating group) is 1. The number of carbonyl (C=O) groups is 1. The molecule has 0 unspecified atom stereocenters. The van der Waals surface area contributed by atoms with Crippen molar-refractivity contribution in [3.05, 3.63) is 35.6 Å². The lowest BCUT2D eigenvalue weighted by Crippen LogP contribution is -2.40. The molecule has 17 heavy (non-hydrogen) atoms. The molecule has 0 radical (unpaired) electrons. The Labute approximate surface area is 101 Å². The zero-order chi connectivity index (χ0) is 12.5. The van der Waals surface area contributed by atoms with Crippen molar-refractivity contribution in [2.24, 2.45) is 0 Å².